The lowest BCUT2D eigenvalue weighted by molar-refractivity contribution is 0.560. The highest BCUT2D eigenvalue weighted by atomic mass is 35.5. The predicted molar refractivity (Wildman–Crippen MR) is 108 cm³/mol. The summed E-state index contributed by atoms with van der Waals surface area (Å²) in [6.45, 7) is 2.41. The van der Waals surface area contributed by atoms with Crippen LogP contribution in [0.3, 0.4) is 0 Å². The van der Waals surface area contributed by atoms with E-state index in [1.54, 1.807) is 28.8 Å². The summed E-state index contributed by atoms with van der Waals surface area (Å²) in [5.74, 6) is 0.682. The number of anilines is 1. The molecule has 0 amide bonds. The van der Waals surface area contributed by atoms with Crippen molar-refractivity contribution in [2.75, 3.05) is 10.8 Å². The van der Waals surface area contributed by atoms with Gasteiger partial charge in [-0.15, -0.1) is 0 Å². The van der Waals surface area contributed by atoms with Crippen LogP contribution in [0.25, 0.3) is 11.3 Å². The molecule has 0 unspecified atom stereocenters. The average Bonchev–Trinajstić information content (AvgIpc) is 2.69. The van der Waals surface area contributed by atoms with E-state index in [4.69, 9.17) is 11.6 Å². The zero-order valence-corrected chi connectivity index (χ0v) is 16.1. The van der Waals surface area contributed by atoms with Gasteiger partial charge in [0, 0.05) is 16.3 Å². The maximum absolute atomic E-state index is 13.0. The van der Waals surface area contributed by atoms with Crippen molar-refractivity contribution in [2.45, 2.75) is 18.7 Å². The second kappa shape index (κ2) is 7.10. The highest BCUT2D eigenvalue weighted by Gasteiger charge is 2.24. The van der Waals surface area contributed by atoms with Crippen LogP contribution in [0.1, 0.15) is 11.1 Å². The molecule has 0 N–H and O–H groups in total. The van der Waals surface area contributed by atoms with E-state index in [2.05, 4.69) is 9.88 Å². The van der Waals surface area contributed by atoms with E-state index in [-0.39, 0.29) is 11.1 Å². The molecule has 0 bridgehead atoms. The first-order chi connectivity index (χ1) is 13.1. The maximum Gasteiger partial charge on any atom is 0.274 e. The number of nitriles is 1. The number of benzene rings is 2. The molecular weight excluding hydrogens is 380 g/mol. The molecule has 2 aromatic carbocycles. The van der Waals surface area contributed by atoms with Crippen molar-refractivity contribution in [3.63, 3.8) is 0 Å². The van der Waals surface area contributed by atoms with Crippen molar-refractivity contribution >= 4 is 29.1 Å². The van der Waals surface area contributed by atoms with E-state index < -0.39 is 0 Å². The Kier molecular flexibility index (Phi) is 4.65. The van der Waals surface area contributed by atoms with Gasteiger partial charge in [-0.05, 0) is 31.2 Å². The molecule has 1 aliphatic heterocycles. The first-order valence-corrected chi connectivity index (χ1v) is 9.68. The molecule has 0 aliphatic carbocycles. The second-order valence-corrected chi connectivity index (χ2v) is 7.61. The topological polar surface area (TPSA) is 61.9 Å². The second-order valence-electron chi connectivity index (χ2n) is 6.26. The van der Waals surface area contributed by atoms with Crippen LogP contribution >= 0.6 is 23.4 Å². The molecule has 0 atom stereocenters. The maximum atomic E-state index is 13.0. The normalized spacial score (nSPS) is 13.1. The van der Waals surface area contributed by atoms with Crippen LogP contribution in [0, 0.1) is 18.3 Å². The van der Waals surface area contributed by atoms with Crippen molar-refractivity contribution in [2.24, 2.45) is 0 Å². The number of hydrogen-bond acceptors (Lipinski definition) is 5. The molecule has 0 radical (unpaired) electrons. The van der Waals surface area contributed by atoms with E-state index >= 15 is 0 Å². The Labute approximate surface area is 165 Å². The standard InChI is InChI=1S/C20H15ClN4OS/c1-13-2-8-16(9-3-13)24-11-25-19(26)17(10-22)18(23-20(25)27-12-24)14-4-6-15(21)7-5-14/h2-9H,11-12H2,1H3. The Bertz CT molecular complexity index is 1100. The SMILES string of the molecule is Cc1ccc(N2CSc3nc(-c4ccc(Cl)cc4)c(C#N)c(=O)n3C2)cc1. The quantitative estimate of drug-likeness (QED) is 0.607. The lowest BCUT2D eigenvalue weighted by Crippen LogP contribution is -2.38. The summed E-state index contributed by atoms with van der Waals surface area (Å²) in [6.07, 6.45) is 0. The lowest BCUT2D eigenvalue weighted by atomic mass is 10.1. The van der Waals surface area contributed by atoms with Gasteiger partial charge in [-0.2, -0.15) is 5.26 Å². The summed E-state index contributed by atoms with van der Waals surface area (Å²) in [5.41, 5.74) is 3.05. The highest BCUT2D eigenvalue weighted by Crippen LogP contribution is 2.30. The number of hydrogen-bond donors (Lipinski definition) is 0. The van der Waals surface area contributed by atoms with Crippen molar-refractivity contribution in [3.8, 4) is 17.3 Å². The van der Waals surface area contributed by atoms with E-state index in [0.717, 1.165) is 5.69 Å². The molecule has 1 aromatic heterocycles. The highest BCUT2D eigenvalue weighted by molar-refractivity contribution is 7.99. The Morgan fingerprint density at radius 1 is 1.15 bits per heavy atom. The Morgan fingerprint density at radius 3 is 2.52 bits per heavy atom. The number of rotatable bonds is 2. The summed E-state index contributed by atoms with van der Waals surface area (Å²) in [5, 5.41) is 10.8. The van der Waals surface area contributed by atoms with Gasteiger partial charge in [0.25, 0.3) is 5.56 Å². The minimum atomic E-state index is -0.322. The molecule has 134 valence electrons. The van der Waals surface area contributed by atoms with Gasteiger partial charge in [0.2, 0.25) is 0 Å². The minimum Gasteiger partial charge on any atom is -0.343 e. The molecule has 1 aliphatic rings. The van der Waals surface area contributed by atoms with E-state index in [1.165, 1.54) is 17.3 Å². The predicted octanol–water partition coefficient (Wildman–Crippen LogP) is 4.27. The van der Waals surface area contributed by atoms with Gasteiger partial charge < -0.3 is 4.90 Å². The molecule has 3 aromatic rings. The molecule has 7 heteroatoms. The van der Waals surface area contributed by atoms with Crippen LogP contribution in [-0.4, -0.2) is 15.4 Å². The molecule has 5 nitrogen and oxygen atoms in total. The smallest absolute Gasteiger partial charge is 0.274 e. The zero-order chi connectivity index (χ0) is 19.0. The van der Waals surface area contributed by atoms with Crippen LogP contribution in [0.2, 0.25) is 5.02 Å². The van der Waals surface area contributed by atoms with Crippen molar-refractivity contribution in [3.05, 3.63) is 75.0 Å². The number of aryl methyl sites for hydroxylation is 1. The largest absolute Gasteiger partial charge is 0.343 e. The Morgan fingerprint density at radius 2 is 1.85 bits per heavy atom. The van der Waals surface area contributed by atoms with Gasteiger partial charge in [0.1, 0.15) is 18.3 Å². The molecular formula is C20H15ClN4OS. The average molecular weight is 395 g/mol. The molecule has 27 heavy (non-hydrogen) atoms. The van der Waals surface area contributed by atoms with Crippen LogP contribution in [0.15, 0.2) is 58.5 Å². The van der Waals surface area contributed by atoms with Crippen molar-refractivity contribution in [1.82, 2.24) is 9.55 Å². The van der Waals surface area contributed by atoms with Gasteiger partial charge >= 0.3 is 0 Å². The molecule has 0 saturated heterocycles. The van der Waals surface area contributed by atoms with E-state index in [0.29, 0.717) is 34.0 Å². The molecule has 0 saturated carbocycles. The van der Waals surface area contributed by atoms with E-state index in [9.17, 15) is 10.1 Å². The number of aromatic nitrogens is 2. The third kappa shape index (κ3) is 3.32. The molecule has 0 spiro atoms. The fourth-order valence-electron chi connectivity index (χ4n) is 2.95. The number of thioether (sulfide) groups is 1. The van der Waals surface area contributed by atoms with Gasteiger partial charge in [0.05, 0.1) is 11.6 Å². The number of halogens is 1. The van der Waals surface area contributed by atoms with Crippen LogP contribution in [0.5, 0.6) is 0 Å². The third-order valence-corrected chi connectivity index (χ3v) is 5.69. The van der Waals surface area contributed by atoms with Gasteiger partial charge in [-0.1, -0.05) is 53.2 Å². The monoisotopic (exact) mass is 394 g/mol. The van der Waals surface area contributed by atoms with Crippen molar-refractivity contribution < 1.29 is 0 Å². The Hall–Kier alpha value is -2.75. The Balaban J connectivity index is 1.77. The van der Waals surface area contributed by atoms with E-state index in [1.807, 2.05) is 37.3 Å². The summed E-state index contributed by atoms with van der Waals surface area (Å²) < 4.78 is 1.56. The third-order valence-electron chi connectivity index (χ3n) is 4.42. The first kappa shape index (κ1) is 17.7. The molecule has 0 fully saturated rings. The fourth-order valence-corrected chi connectivity index (χ4v) is 4.03. The zero-order valence-electron chi connectivity index (χ0n) is 14.5. The van der Waals surface area contributed by atoms with Crippen molar-refractivity contribution in [1.29, 1.82) is 5.26 Å². The number of nitrogens with zero attached hydrogens (tertiary/aromatic N) is 4. The van der Waals surface area contributed by atoms with Gasteiger partial charge in [-0.3, -0.25) is 9.36 Å². The van der Waals surface area contributed by atoms with Crippen LogP contribution in [0.4, 0.5) is 5.69 Å². The van der Waals surface area contributed by atoms with Gasteiger partial charge in [0.15, 0.2) is 5.16 Å². The number of fused-ring (bicyclic) bond motifs is 1. The summed E-state index contributed by atoms with van der Waals surface area (Å²) in [4.78, 5) is 19.7. The first-order valence-electron chi connectivity index (χ1n) is 8.32. The summed E-state index contributed by atoms with van der Waals surface area (Å²) in [6, 6.07) is 17.2. The minimum absolute atomic E-state index is 0.0485. The van der Waals surface area contributed by atoms with Crippen LogP contribution in [-0.2, 0) is 6.67 Å². The van der Waals surface area contributed by atoms with Crippen LogP contribution < -0.4 is 10.5 Å². The summed E-state index contributed by atoms with van der Waals surface area (Å²) in [7, 11) is 0. The van der Waals surface area contributed by atoms with Gasteiger partial charge in [-0.25, -0.2) is 4.98 Å². The molecule has 2 heterocycles. The summed E-state index contributed by atoms with van der Waals surface area (Å²) >= 11 is 7.43. The fraction of sp³-hybridized carbons (Fsp3) is 0.150. The molecule has 4 rings (SSSR count). The lowest BCUT2D eigenvalue weighted by Gasteiger charge is -2.31.